The zero-order valence-corrected chi connectivity index (χ0v) is 12.8. The molecule has 0 fully saturated rings. The Morgan fingerprint density at radius 1 is 1.12 bits per heavy atom. The number of fused-ring (bicyclic) bond motifs is 1. The van der Waals surface area contributed by atoms with Crippen molar-refractivity contribution in [1.29, 1.82) is 0 Å². The van der Waals surface area contributed by atoms with Gasteiger partial charge in [-0.3, -0.25) is 4.79 Å². The van der Waals surface area contributed by atoms with E-state index in [4.69, 9.17) is 15.6 Å². The number of hydrogen-bond acceptors (Lipinski definition) is 4. The van der Waals surface area contributed by atoms with Gasteiger partial charge in [0.05, 0.1) is 6.42 Å². The molecule has 0 amide bonds. The van der Waals surface area contributed by atoms with Crippen LogP contribution in [0.4, 0.5) is 5.69 Å². The van der Waals surface area contributed by atoms with Crippen molar-refractivity contribution in [3.05, 3.63) is 59.8 Å². The topological polar surface area (TPSA) is 105 Å². The standard InChI is InChI=1S/C18H16N2O4/c19-12-5-7-16(14(10-12)18(22)23)24-17(21)8-6-13-9-11-3-1-2-4-15(11)20-13/h1-5,7,9-10,20H,6,8,19H2,(H,22,23). The number of hydrogen-bond donors (Lipinski definition) is 3. The Morgan fingerprint density at radius 3 is 2.67 bits per heavy atom. The number of para-hydroxylation sites is 1. The monoisotopic (exact) mass is 324 g/mol. The van der Waals surface area contributed by atoms with Gasteiger partial charge in [0.15, 0.2) is 0 Å². The lowest BCUT2D eigenvalue weighted by atomic mass is 10.2. The highest BCUT2D eigenvalue weighted by Crippen LogP contribution is 2.22. The number of aromatic amines is 1. The zero-order valence-electron chi connectivity index (χ0n) is 12.8. The Labute approximate surface area is 137 Å². The van der Waals surface area contributed by atoms with Crippen LogP contribution in [-0.4, -0.2) is 22.0 Å². The number of aromatic nitrogens is 1. The van der Waals surface area contributed by atoms with E-state index in [1.165, 1.54) is 18.2 Å². The van der Waals surface area contributed by atoms with Crippen molar-refractivity contribution in [2.75, 3.05) is 5.73 Å². The molecule has 6 heteroatoms. The van der Waals surface area contributed by atoms with Crippen LogP contribution in [0.5, 0.6) is 5.75 Å². The van der Waals surface area contributed by atoms with E-state index in [0.29, 0.717) is 12.1 Å². The summed E-state index contributed by atoms with van der Waals surface area (Å²) in [7, 11) is 0. The maximum Gasteiger partial charge on any atom is 0.339 e. The second-order valence-corrected chi connectivity index (χ2v) is 5.42. The van der Waals surface area contributed by atoms with Crippen LogP contribution in [0.2, 0.25) is 0 Å². The summed E-state index contributed by atoms with van der Waals surface area (Å²) < 4.78 is 5.17. The number of esters is 1. The van der Waals surface area contributed by atoms with E-state index >= 15 is 0 Å². The minimum Gasteiger partial charge on any atom is -0.478 e. The lowest BCUT2D eigenvalue weighted by Crippen LogP contribution is -2.12. The van der Waals surface area contributed by atoms with Gasteiger partial charge in [-0.05, 0) is 42.1 Å². The summed E-state index contributed by atoms with van der Waals surface area (Å²) >= 11 is 0. The Balaban J connectivity index is 1.66. The molecule has 0 aliphatic heterocycles. The van der Waals surface area contributed by atoms with Gasteiger partial charge in [-0.25, -0.2) is 4.79 Å². The van der Waals surface area contributed by atoms with E-state index in [1.54, 1.807) is 0 Å². The number of nitrogens with two attached hydrogens (primary N) is 1. The molecule has 3 rings (SSSR count). The lowest BCUT2D eigenvalue weighted by Gasteiger charge is -2.08. The molecule has 6 nitrogen and oxygen atoms in total. The van der Waals surface area contributed by atoms with Gasteiger partial charge in [0.2, 0.25) is 0 Å². The number of carbonyl (C=O) groups excluding carboxylic acids is 1. The van der Waals surface area contributed by atoms with Gasteiger partial charge in [0.1, 0.15) is 11.3 Å². The molecule has 4 N–H and O–H groups in total. The number of carboxylic acids is 1. The third-order valence-corrected chi connectivity index (χ3v) is 3.64. The summed E-state index contributed by atoms with van der Waals surface area (Å²) in [6, 6.07) is 14.0. The molecule has 0 bridgehead atoms. The number of H-pyrrole nitrogens is 1. The van der Waals surface area contributed by atoms with Crippen LogP contribution in [0.1, 0.15) is 22.5 Å². The molecule has 0 spiro atoms. The molecule has 0 saturated heterocycles. The minimum atomic E-state index is -1.19. The van der Waals surface area contributed by atoms with E-state index in [-0.39, 0.29) is 17.7 Å². The van der Waals surface area contributed by atoms with Gasteiger partial charge in [-0.2, -0.15) is 0 Å². The van der Waals surface area contributed by atoms with Crippen molar-refractivity contribution in [3.8, 4) is 5.75 Å². The Morgan fingerprint density at radius 2 is 1.92 bits per heavy atom. The number of nitrogen functional groups attached to an aromatic ring is 1. The van der Waals surface area contributed by atoms with Gasteiger partial charge in [-0.15, -0.1) is 0 Å². The van der Waals surface area contributed by atoms with Gasteiger partial charge in [0.25, 0.3) is 0 Å². The molecular formula is C18H16N2O4. The summed E-state index contributed by atoms with van der Waals surface area (Å²) in [6.07, 6.45) is 0.612. The molecule has 1 aromatic heterocycles. The zero-order chi connectivity index (χ0) is 17.1. The normalized spacial score (nSPS) is 10.7. The third kappa shape index (κ3) is 3.38. The van der Waals surface area contributed by atoms with Crippen LogP contribution in [0, 0.1) is 0 Å². The lowest BCUT2D eigenvalue weighted by molar-refractivity contribution is -0.134. The van der Waals surface area contributed by atoms with Crippen LogP contribution in [0.3, 0.4) is 0 Å². The molecular weight excluding hydrogens is 308 g/mol. The number of aryl methyl sites for hydroxylation is 1. The van der Waals surface area contributed by atoms with Crippen molar-refractivity contribution >= 4 is 28.5 Å². The second kappa shape index (κ2) is 6.45. The molecule has 0 aliphatic carbocycles. The average molecular weight is 324 g/mol. The molecule has 0 radical (unpaired) electrons. The molecule has 24 heavy (non-hydrogen) atoms. The van der Waals surface area contributed by atoms with Crippen LogP contribution < -0.4 is 10.5 Å². The van der Waals surface area contributed by atoms with Crippen molar-refractivity contribution < 1.29 is 19.4 Å². The summed E-state index contributed by atoms with van der Waals surface area (Å²) in [5, 5.41) is 10.2. The van der Waals surface area contributed by atoms with Gasteiger partial charge >= 0.3 is 11.9 Å². The Bertz CT molecular complexity index is 881. The number of nitrogens with one attached hydrogen (secondary N) is 1. The molecule has 122 valence electrons. The average Bonchev–Trinajstić information content (AvgIpc) is 2.97. The molecule has 0 unspecified atom stereocenters. The van der Waals surface area contributed by atoms with Crippen LogP contribution in [-0.2, 0) is 11.2 Å². The van der Waals surface area contributed by atoms with Crippen LogP contribution in [0.25, 0.3) is 10.9 Å². The summed E-state index contributed by atoms with van der Waals surface area (Å²) in [5.41, 5.74) is 7.65. The van der Waals surface area contributed by atoms with E-state index < -0.39 is 11.9 Å². The maximum absolute atomic E-state index is 12.0. The first-order valence-electron chi connectivity index (χ1n) is 7.43. The van der Waals surface area contributed by atoms with E-state index in [1.807, 2.05) is 30.3 Å². The first-order valence-corrected chi connectivity index (χ1v) is 7.43. The second-order valence-electron chi connectivity index (χ2n) is 5.42. The quantitative estimate of drug-likeness (QED) is 0.380. The van der Waals surface area contributed by atoms with Gasteiger partial charge < -0.3 is 20.6 Å². The highest BCUT2D eigenvalue weighted by molar-refractivity contribution is 5.93. The predicted molar refractivity (Wildman–Crippen MR) is 90.1 cm³/mol. The van der Waals surface area contributed by atoms with Gasteiger partial charge in [-0.1, -0.05) is 18.2 Å². The largest absolute Gasteiger partial charge is 0.478 e. The minimum absolute atomic E-state index is 0.00153. The van der Waals surface area contributed by atoms with E-state index in [0.717, 1.165) is 16.6 Å². The highest BCUT2D eigenvalue weighted by Gasteiger charge is 2.15. The number of ether oxygens (including phenoxy) is 1. The van der Waals surface area contributed by atoms with Crippen LogP contribution >= 0.6 is 0 Å². The highest BCUT2D eigenvalue weighted by atomic mass is 16.5. The Kier molecular flexibility index (Phi) is 4.20. The smallest absolute Gasteiger partial charge is 0.339 e. The number of aromatic carboxylic acids is 1. The molecule has 0 aliphatic rings. The van der Waals surface area contributed by atoms with Crippen molar-refractivity contribution in [2.24, 2.45) is 0 Å². The molecule has 0 atom stereocenters. The summed E-state index contributed by atoms with van der Waals surface area (Å²) in [6.45, 7) is 0. The first kappa shape index (κ1) is 15.6. The first-order chi connectivity index (χ1) is 11.5. The van der Waals surface area contributed by atoms with Crippen LogP contribution in [0.15, 0.2) is 48.5 Å². The molecule has 3 aromatic rings. The number of rotatable bonds is 5. The fourth-order valence-corrected chi connectivity index (χ4v) is 2.48. The van der Waals surface area contributed by atoms with Crippen molar-refractivity contribution in [2.45, 2.75) is 12.8 Å². The maximum atomic E-state index is 12.0. The number of carboxylic acid groups (broad SMARTS) is 1. The summed E-state index contributed by atoms with van der Waals surface area (Å²) in [5.74, 6) is -1.69. The van der Waals surface area contributed by atoms with Crippen molar-refractivity contribution in [3.63, 3.8) is 0 Å². The van der Waals surface area contributed by atoms with E-state index in [2.05, 4.69) is 4.98 Å². The third-order valence-electron chi connectivity index (χ3n) is 3.64. The van der Waals surface area contributed by atoms with Crippen molar-refractivity contribution in [1.82, 2.24) is 4.98 Å². The molecule has 0 saturated carbocycles. The summed E-state index contributed by atoms with van der Waals surface area (Å²) in [4.78, 5) is 26.4. The molecule has 1 heterocycles. The van der Waals surface area contributed by atoms with Gasteiger partial charge in [0, 0.05) is 16.9 Å². The predicted octanol–water partition coefficient (Wildman–Crippen LogP) is 2.99. The number of benzene rings is 2. The molecule has 2 aromatic carbocycles. The SMILES string of the molecule is Nc1ccc(OC(=O)CCc2cc3ccccc3[nH]2)c(C(=O)O)c1. The fourth-order valence-electron chi connectivity index (χ4n) is 2.48. The number of anilines is 1. The number of carbonyl (C=O) groups is 2. The van der Waals surface area contributed by atoms with E-state index in [9.17, 15) is 9.59 Å². The fraction of sp³-hybridized carbons (Fsp3) is 0.111. The Hall–Kier alpha value is -3.28.